The second-order valence-corrected chi connectivity index (χ2v) is 14.0. The van der Waals surface area contributed by atoms with Gasteiger partial charge in [0.1, 0.15) is 0 Å². The average molecular weight is 396 g/mol. The Hall–Kier alpha value is -1.42. The second kappa shape index (κ2) is 8.52. The monoisotopic (exact) mass is 395 g/mol. The normalized spacial score (nSPS) is 23.3. The van der Waals surface area contributed by atoms with E-state index in [4.69, 9.17) is 4.43 Å². The van der Waals surface area contributed by atoms with Crippen molar-refractivity contribution in [2.75, 3.05) is 20.7 Å². The van der Waals surface area contributed by atoms with Crippen LogP contribution in [0.15, 0.2) is 60.7 Å². The molecule has 0 aromatic heterocycles. The summed E-state index contributed by atoms with van der Waals surface area (Å²) in [6.07, 6.45) is 2.58. The lowest BCUT2D eigenvalue weighted by molar-refractivity contribution is 0.141. The number of hydrogen-bond donors (Lipinski definition) is 0. The van der Waals surface area contributed by atoms with Crippen molar-refractivity contribution in [3.05, 3.63) is 60.7 Å². The highest BCUT2D eigenvalue weighted by Crippen LogP contribution is 2.40. The van der Waals surface area contributed by atoms with Gasteiger partial charge in [-0.2, -0.15) is 0 Å². The van der Waals surface area contributed by atoms with Crippen LogP contribution in [-0.4, -0.2) is 40.0 Å². The predicted molar refractivity (Wildman–Crippen MR) is 123 cm³/mol. The zero-order valence-corrected chi connectivity index (χ0v) is 19.5. The lowest BCUT2D eigenvalue weighted by Gasteiger charge is -2.44. The summed E-state index contributed by atoms with van der Waals surface area (Å²) in [5, 5.41) is 2.80. The third-order valence-corrected chi connectivity index (χ3v) is 11.7. The maximum absolute atomic E-state index is 7.21. The maximum atomic E-state index is 7.21. The minimum atomic E-state index is -2.43. The molecule has 152 valence electrons. The SMILES string of the molecule is C[C@@H]1CCC(N(C)C)[C@H]1CO[Si](c1ccccc1)(c1ccccc1)C(C)(C)C. The van der Waals surface area contributed by atoms with Gasteiger partial charge in [0.05, 0.1) is 0 Å². The summed E-state index contributed by atoms with van der Waals surface area (Å²) in [5.41, 5.74) is 0. The largest absolute Gasteiger partial charge is 0.407 e. The van der Waals surface area contributed by atoms with Crippen molar-refractivity contribution in [3.63, 3.8) is 0 Å². The summed E-state index contributed by atoms with van der Waals surface area (Å²) in [4.78, 5) is 2.41. The molecule has 0 radical (unpaired) electrons. The van der Waals surface area contributed by atoms with Crippen LogP contribution < -0.4 is 10.4 Å². The van der Waals surface area contributed by atoms with E-state index in [0.29, 0.717) is 17.9 Å². The van der Waals surface area contributed by atoms with E-state index in [1.54, 1.807) is 0 Å². The van der Waals surface area contributed by atoms with Gasteiger partial charge in [0.25, 0.3) is 8.32 Å². The predicted octanol–water partition coefficient (Wildman–Crippen LogP) is 4.54. The van der Waals surface area contributed by atoms with Crippen molar-refractivity contribution in [3.8, 4) is 0 Å². The van der Waals surface area contributed by atoms with Gasteiger partial charge in [-0.05, 0) is 54.2 Å². The van der Waals surface area contributed by atoms with Gasteiger partial charge in [-0.15, -0.1) is 0 Å². The van der Waals surface area contributed by atoms with Crippen molar-refractivity contribution in [2.45, 2.75) is 51.6 Å². The molecule has 1 fully saturated rings. The molecule has 0 heterocycles. The molecule has 1 unspecified atom stereocenters. The van der Waals surface area contributed by atoms with Crippen molar-refractivity contribution < 1.29 is 4.43 Å². The first-order valence-corrected chi connectivity index (χ1v) is 12.6. The Kier molecular flexibility index (Phi) is 6.48. The van der Waals surface area contributed by atoms with Crippen LogP contribution in [0.1, 0.15) is 40.5 Å². The fourth-order valence-electron chi connectivity index (χ4n) is 5.14. The maximum Gasteiger partial charge on any atom is 0.261 e. The smallest absolute Gasteiger partial charge is 0.261 e. The molecule has 1 aliphatic carbocycles. The van der Waals surface area contributed by atoms with Gasteiger partial charge in [-0.1, -0.05) is 88.4 Å². The lowest BCUT2D eigenvalue weighted by atomic mass is 9.96. The number of benzene rings is 2. The molecule has 2 nitrogen and oxygen atoms in total. The molecule has 3 atom stereocenters. The highest BCUT2D eigenvalue weighted by Gasteiger charge is 2.51. The zero-order chi connectivity index (χ0) is 20.4. The molecule has 28 heavy (non-hydrogen) atoms. The summed E-state index contributed by atoms with van der Waals surface area (Å²) in [5.74, 6) is 1.31. The van der Waals surface area contributed by atoms with Crippen molar-refractivity contribution in [1.82, 2.24) is 4.90 Å². The molecule has 1 aliphatic rings. The summed E-state index contributed by atoms with van der Waals surface area (Å²) in [7, 11) is 2.01. The van der Waals surface area contributed by atoms with Gasteiger partial charge in [-0.25, -0.2) is 0 Å². The van der Waals surface area contributed by atoms with Crippen LogP contribution in [0.25, 0.3) is 0 Å². The van der Waals surface area contributed by atoms with Gasteiger partial charge in [-0.3, -0.25) is 0 Å². The van der Waals surface area contributed by atoms with Crippen LogP contribution in [0.3, 0.4) is 0 Å². The van der Waals surface area contributed by atoms with Crippen LogP contribution in [0.4, 0.5) is 0 Å². The van der Waals surface area contributed by atoms with E-state index in [-0.39, 0.29) is 5.04 Å². The molecule has 3 heteroatoms. The molecule has 0 amide bonds. The van der Waals surface area contributed by atoms with E-state index in [1.807, 2.05) is 0 Å². The first-order chi connectivity index (χ1) is 13.3. The number of nitrogens with zero attached hydrogens (tertiary/aromatic N) is 1. The van der Waals surface area contributed by atoms with E-state index in [2.05, 4.69) is 107 Å². The minimum Gasteiger partial charge on any atom is -0.407 e. The van der Waals surface area contributed by atoms with Crippen molar-refractivity contribution in [1.29, 1.82) is 0 Å². The lowest BCUT2D eigenvalue weighted by Crippen LogP contribution is -2.67. The number of rotatable bonds is 6. The molecule has 0 spiro atoms. The van der Waals surface area contributed by atoms with E-state index in [9.17, 15) is 0 Å². The molecule has 0 N–H and O–H groups in total. The second-order valence-electron chi connectivity index (χ2n) is 9.72. The first-order valence-electron chi connectivity index (χ1n) is 10.7. The topological polar surface area (TPSA) is 12.5 Å². The fraction of sp³-hybridized carbons (Fsp3) is 0.520. The molecule has 0 bridgehead atoms. The number of hydrogen-bond acceptors (Lipinski definition) is 2. The Morgan fingerprint density at radius 3 is 1.82 bits per heavy atom. The standard InChI is InChI=1S/C25H37NOSi/c1-20-17-18-24(26(5)6)23(20)19-27-28(25(2,3)4,21-13-9-7-10-14-21)22-15-11-8-12-16-22/h7-16,20,23-24H,17-19H2,1-6H3/t20-,23+,24?/m1/s1. The van der Waals surface area contributed by atoms with Crippen LogP contribution in [0, 0.1) is 11.8 Å². The van der Waals surface area contributed by atoms with Gasteiger partial charge >= 0.3 is 0 Å². The molecule has 3 rings (SSSR count). The molecule has 2 aromatic rings. The van der Waals surface area contributed by atoms with Gasteiger partial charge in [0.15, 0.2) is 0 Å². The molecular weight excluding hydrogens is 358 g/mol. The van der Waals surface area contributed by atoms with Crippen LogP contribution >= 0.6 is 0 Å². The Morgan fingerprint density at radius 2 is 1.39 bits per heavy atom. The highest BCUT2D eigenvalue weighted by molar-refractivity contribution is 6.99. The zero-order valence-electron chi connectivity index (χ0n) is 18.5. The van der Waals surface area contributed by atoms with Crippen molar-refractivity contribution in [2.24, 2.45) is 11.8 Å². The van der Waals surface area contributed by atoms with E-state index >= 15 is 0 Å². The van der Waals surface area contributed by atoms with E-state index in [0.717, 1.165) is 6.61 Å². The third-order valence-electron chi connectivity index (χ3n) is 6.72. The van der Waals surface area contributed by atoms with Crippen LogP contribution in [0.5, 0.6) is 0 Å². The third kappa shape index (κ3) is 3.98. The highest BCUT2D eigenvalue weighted by atomic mass is 28.4. The van der Waals surface area contributed by atoms with Gasteiger partial charge in [0.2, 0.25) is 0 Å². The summed E-state index contributed by atoms with van der Waals surface area (Å²) < 4.78 is 7.21. The Balaban J connectivity index is 2.04. The van der Waals surface area contributed by atoms with Gasteiger partial charge in [0, 0.05) is 12.6 Å². The van der Waals surface area contributed by atoms with E-state index < -0.39 is 8.32 Å². The first kappa shape index (κ1) is 21.3. The molecular formula is C25H37NOSi. The average Bonchev–Trinajstić information content (AvgIpc) is 3.04. The minimum absolute atomic E-state index is 0.0468. The summed E-state index contributed by atoms with van der Waals surface area (Å²) in [6.45, 7) is 10.3. The summed E-state index contributed by atoms with van der Waals surface area (Å²) >= 11 is 0. The fourth-order valence-corrected chi connectivity index (χ4v) is 9.74. The molecule has 1 saturated carbocycles. The Labute approximate surface area is 173 Å². The molecule has 0 aliphatic heterocycles. The Bertz CT molecular complexity index is 699. The quantitative estimate of drug-likeness (QED) is 0.666. The van der Waals surface area contributed by atoms with Crippen molar-refractivity contribution >= 4 is 18.7 Å². The summed E-state index contributed by atoms with van der Waals surface area (Å²) in [6, 6.07) is 22.6. The van der Waals surface area contributed by atoms with Crippen LogP contribution in [-0.2, 0) is 4.43 Å². The Morgan fingerprint density at radius 1 is 0.893 bits per heavy atom. The van der Waals surface area contributed by atoms with Crippen LogP contribution in [0.2, 0.25) is 5.04 Å². The van der Waals surface area contributed by atoms with E-state index in [1.165, 1.54) is 23.2 Å². The molecule has 0 saturated heterocycles. The molecule has 2 aromatic carbocycles. The van der Waals surface area contributed by atoms with Gasteiger partial charge < -0.3 is 9.33 Å².